The van der Waals surface area contributed by atoms with E-state index in [1.54, 1.807) is 23.1 Å². The highest BCUT2D eigenvalue weighted by Gasteiger charge is 2.22. The molecule has 1 aliphatic heterocycles. The summed E-state index contributed by atoms with van der Waals surface area (Å²) in [6, 6.07) is 6.99. The Bertz CT molecular complexity index is 812. The third-order valence-electron chi connectivity index (χ3n) is 4.34. The molecule has 2 aromatic rings. The standard InChI is InChI=1S/C18H22BrN5O2/c1-11(2)15-14(19)16(23-22-15)17(25)20-12-7-3-4-8-13(12)21-18(26)24-9-5-6-10-24/h3-4,7-8,11H,5-6,9-10H2,1-2H3,(H,20,25)(H,21,26)(H,22,23). The number of hydrogen-bond acceptors (Lipinski definition) is 3. The van der Waals surface area contributed by atoms with Gasteiger partial charge in [0.1, 0.15) is 0 Å². The second-order valence-corrected chi connectivity index (χ2v) is 7.37. The number of carbonyl (C=O) groups excluding carboxylic acids is 2. The summed E-state index contributed by atoms with van der Waals surface area (Å²) in [5.41, 5.74) is 2.25. The number of carbonyl (C=O) groups is 2. The SMILES string of the molecule is CC(C)c1[nH]nc(C(=O)Nc2ccccc2NC(=O)N2CCCC2)c1Br. The second-order valence-electron chi connectivity index (χ2n) is 6.58. The van der Waals surface area contributed by atoms with Crippen molar-refractivity contribution in [3.63, 3.8) is 0 Å². The van der Waals surface area contributed by atoms with Crippen molar-refractivity contribution in [1.29, 1.82) is 0 Å². The van der Waals surface area contributed by atoms with Crippen LogP contribution in [0.25, 0.3) is 0 Å². The number of nitrogens with zero attached hydrogens (tertiary/aromatic N) is 2. The van der Waals surface area contributed by atoms with E-state index in [9.17, 15) is 9.59 Å². The lowest BCUT2D eigenvalue weighted by atomic mass is 10.1. The molecule has 8 heteroatoms. The van der Waals surface area contributed by atoms with Gasteiger partial charge in [-0.2, -0.15) is 5.10 Å². The Morgan fingerprint density at radius 3 is 2.35 bits per heavy atom. The fraction of sp³-hybridized carbons (Fsp3) is 0.389. The maximum atomic E-state index is 12.6. The highest BCUT2D eigenvalue weighted by Crippen LogP contribution is 2.27. The largest absolute Gasteiger partial charge is 0.325 e. The van der Waals surface area contributed by atoms with E-state index in [2.05, 4.69) is 36.8 Å². The molecule has 0 unspecified atom stereocenters. The summed E-state index contributed by atoms with van der Waals surface area (Å²) >= 11 is 3.44. The lowest BCUT2D eigenvalue weighted by Gasteiger charge is -2.18. The number of anilines is 2. The second kappa shape index (κ2) is 7.90. The molecule has 2 heterocycles. The molecule has 1 aromatic carbocycles. The number of hydrogen-bond donors (Lipinski definition) is 3. The number of likely N-dealkylation sites (tertiary alicyclic amines) is 1. The number of benzene rings is 1. The van der Waals surface area contributed by atoms with Crippen LogP contribution >= 0.6 is 15.9 Å². The van der Waals surface area contributed by atoms with Gasteiger partial charge < -0.3 is 15.5 Å². The Morgan fingerprint density at radius 2 is 1.77 bits per heavy atom. The van der Waals surface area contributed by atoms with E-state index in [0.29, 0.717) is 15.8 Å². The van der Waals surface area contributed by atoms with Gasteiger partial charge in [-0.15, -0.1) is 0 Å². The molecular weight excluding hydrogens is 398 g/mol. The molecule has 3 amide bonds. The third-order valence-corrected chi connectivity index (χ3v) is 5.14. The van der Waals surface area contributed by atoms with Crippen LogP contribution in [0.1, 0.15) is 48.8 Å². The first kappa shape index (κ1) is 18.4. The van der Waals surface area contributed by atoms with E-state index in [4.69, 9.17) is 0 Å². The van der Waals surface area contributed by atoms with Crippen LogP contribution in [0.15, 0.2) is 28.7 Å². The van der Waals surface area contributed by atoms with Crippen LogP contribution in [0, 0.1) is 0 Å². The van der Waals surface area contributed by atoms with Gasteiger partial charge in [-0.3, -0.25) is 9.89 Å². The zero-order valence-electron chi connectivity index (χ0n) is 14.8. The molecule has 3 rings (SSSR count). The minimum Gasteiger partial charge on any atom is -0.325 e. The average molecular weight is 420 g/mol. The number of rotatable bonds is 4. The Kier molecular flexibility index (Phi) is 5.61. The number of aromatic nitrogens is 2. The van der Waals surface area contributed by atoms with Crippen molar-refractivity contribution in [2.24, 2.45) is 0 Å². The number of para-hydroxylation sites is 2. The van der Waals surface area contributed by atoms with Gasteiger partial charge in [0.05, 0.1) is 21.5 Å². The smallest absolute Gasteiger partial charge is 0.321 e. The summed E-state index contributed by atoms with van der Waals surface area (Å²) in [7, 11) is 0. The molecule has 0 aliphatic carbocycles. The maximum Gasteiger partial charge on any atom is 0.321 e. The molecule has 1 aliphatic rings. The van der Waals surface area contributed by atoms with Gasteiger partial charge >= 0.3 is 6.03 Å². The Labute approximate surface area is 160 Å². The number of aromatic amines is 1. The zero-order chi connectivity index (χ0) is 18.7. The van der Waals surface area contributed by atoms with Gasteiger partial charge in [-0.25, -0.2) is 4.79 Å². The van der Waals surface area contributed by atoms with Crippen LogP contribution in [0.3, 0.4) is 0 Å². The van der Waals surface area contributed by atoms with Gasteiger partial charge in [0.25, 0.3) is 5.91 Å². The summed E-state index contributed by atoms with van der Waals surface area (Å²) in [6.07, 6.45) is 2.05. The van der Waals surface area contributed by atoms with Crippen LogP contribution in [0.5, 0.6) is 0 Å². The van der Waals surface area contributed by atoms with Crippen LogP contribution < -0.4 is 10.6 Å². The van der Waals surface area contributed by atoms with E-state index in [0.717, 1.165) is 31.6 Å². The van der Waals surface area contributed by atoms with Crippen LogP contribution in [0.4, 0.5) is 16.2 Å². The number of amides is 3. The number of nitrogens with one attached hydrogen (secondary N) is 3. The molecule has 3 N–H and O–H groups in total. The van der Waals surface area contributed by atoms with Crippen molar-refractivity contribution in [2.45, 2.75) is 32.6 Å². The molecule has 0 radical (unpaired) electrons. The highest BCUT2D eigenvalue weighted by atomic mass is 79.9. The van der Waals surface area contributed by atoms with Crippen molar-refractivity contribution < 1.29 is 9.59 Å². The molecular formula is C18H22BrN5O2. The fourth-order valence-corrected chi connectivity index (χ4v) is 3.69. The van der Waals surface area contributed by atoms with E-state index in [1.807, 2.05) is 19.9 Å². The summed E-state index contributed by atoms with van der Waals surface area (Å²) < 4.78 is 0.656. The molecule has 138 valence electrons. The van der Waals surface area contributed by atoms with Crippen molar-refractivity contribution in [2.75, 3.05) is 23.7 Å². The molecule has 0 bridgehead atoms. The van der Waals surface area contributed by atoms with Crippen LogP contribution in [-0.4, -0.2) is 40.1 Å². The van der Waals surface area contributed by atoms with Crippen molar-refractivity contribution in [3.05, 3.63) is 40.1 Å². The van der Waals surface area contributed by atoms with Gasteiger partial charge in [-0.05, 0) is 46.8 Å². The minimum atomic E-state index is -0.345. The van der Waals surface area contributed by atoms with Gasteiger partial charge in [0.15, 0.2) is 5.69 Å². The van der Waals surface area contributed by atoms with Crippen LogP contribution in [0.2, 0.25) is 0 Å². The Morgan fingerprint density at radius 1 is 1.15 bits per heavy atom. The van der Waals surface area contributed by atoms with Gasteiger partial charge in [0, 0.05) is 13.1 Å². The average Bonchev–Trinajstić information content (AvgIpc) is 3.26. The maximum absolute atomic E-state index is 12.6. The van der Waals surface area contributed by atoms with E-state index in [-0.39, 0.29) is 23.6 Å². The topological polar surface area (TPSA) is 90.1 Å². The summed E-state index contributed by atoms with van der Waals surface area (Å²) in [5, 5.41) is 12.7. The first-order valence-electron chi connectivity index (χ1n) is 8.67. The first-order chi connectivity index (χ1) is 12.5. The molecule has 7 nitrogen and oxygen atoms in total. The molecule has 0 spiro atoms. The highest BCUT2D eigenvalue weighted by molar-refractivity contribution is 9.10. The molecule has 1 aromatic heterocycles. The lowest BCUT2D eigenvalue weighted by Crippen LogP contribution is -2.32. The van der Waals surface area contributed by atoms with E-state index >= 15 is 0 Å². The third kappa shape index (κ3) is 3.90. The Balaban J connectivity index is 1.75. The van der Waals surface area contributed by atoms with Crippen LogP contribution in [-0.2, 0) is 0 Å². The summed E-state index contributed by atoms with van der Waals surface area (Å²) in [6.45, 7) is 5.56. The zero-order valence-corrected chi connectivity index (χ0v) is 16.4. The molecule has 0 atom stereocenters. The summed E-state index contributed by atoms with van der Waals surface area (Å²) in [4.78, 5) is 26.7. The molecule has 1 saturated heterocycles. The van der Waals surface area contributed by atoms with E-state index in [1.165, 1.54) is 0 Å². The predicted molar refractivity (Wildman–Crippen MR) is 105 cm³/mol. The van der Waals surface area contributed by atoms with Crippen molar-refractivity contribution in [1.82, 2.24) is 15.1 Å². The molecule has 26 heavy (non-hydrogen) atoms. The number of halogens is 1. The van der Waals surface area contributed by atoms with E-state index < -0.39 is 0 Å². The van der Waals surface area contributed by atoms with Gasteiger partial charge in [0.2, 0.25) is 0 Å². The normalized spacial score (nSPS) is 13.9. The number of H-pyrrole nitrogens is 1. The lowest BCUT2D eigenvalue weighted by molar-refractivity contribution is 0.102. The minimum absolute atomic E-state index is 0.146. The Hall–Kier alpha value is -2.35. The first-order valence-corrected chi connectivity index (χ1v) is 9.46. The fourth-order valence-electron chi connectivity index (χ4n) is 2.87. The monoisotopic (exact) mass is 419 g/mol. The summed E-state index contributed by atoms with van der Waals surface area (Å²) in [5.74, 6) is -0.131. The molecule has 1 fully saturated rings. The number of urea groups is 1. The molecule has 0 saturated carbocycles. The quantitative estimate of drug-likeness (QED) is 0.693. The van der Waals surface area contributed by atoms with Crippen molar-refractivity contribution >= 4 is 39.2 Å². The van der Waals surface area contributed by atoms with Crippen molar-refractivity contribution in [3.8, 4) is 0 Å². The predicted octanol–water partition coefficient (Wildman–Crippen LogP) is 4.18. The van der Waals surface area contributed by atoms with Gasteiger partial charge in [-0.1, -0.05) is 26.0 Å².